The zero-order valence-corrected chi connectivity index (χ0v) is 12.2. The topological polar surface area (TPSA) is 28.7 Å². The molecule has 0 amide bonds. The van der Waals surface area contributed by atoms with Crippen molar-refractivity contribution in [3.05, 3.63) is 63.8 Å². The van der Waals surface area contributed by atoms with E-state index in [1.54, 1.807) is 6.07 Å². The van der Waals surface area contributed by atoms with Gasteiger partial charge in [-0.2, -0.15) is 5.10 Å². The third-order valence-electron chi connectivity index (χ3n) is 2.91. The molecule has 0 saturated heterocycles. The van der Waals surface area contributed by atoms with Crippen molar-refractivity contribution in [1.82, 2.24) is 10.2 Å². The first kappa shape index (κ1) is 14.2. The second kappa shape index (κ2) is 5.83. The molecule has 0 aliphatic rings. The van der Waals surface area contributed by atoms with E-state index in [1.807, 2.05) is 24.3 Å². The smallest absolute Gasteiger partial charge is 0.0760 e. The molecule has 0 fully saturated rings. The van der Waals surface area contributed by atoms with Gasteiger partial charge in [0.15, 0.2) is 0 Å². The minimum absolute atomic E-state index is 0. The molecule has 3 aromatic rings. The molecule has 0 aliphatic carbocycles. The van der Waals surface area contributed by atoms with Crippen molar-refractivity contribution in [2.75, 3.05) is 0 Å². The summed E-state index contributed by atoms with van der Waals surface area (Å²) in [5.74, 6) is 0. The molecule has 2 aromatic carbocycles. The second-order valence-electron chi connectivity index (χ2n) is 4.12. The average molecular weight is 314 g/mol. The van der Waals surface area contributed by atoms with Gasteiger partial charge in [-0.3, -0.25) is 5.10 Å². The molecule has 5 heteroatoms. The Morgan fingerprint density at radius 1 is 1.00 bits per heavy atom. The maximum atomic E-state index is 6.25. The van der Waals surface area contributed by atoms with Gasteiger partial charge in [0.25, 0.3) is 0 Å². The van der Waals surface area contributed by atoms with Gasteiger partial charge in [0, 0.05) is 11.8 Å². The zero-order valence-electron chi connectivity index (χ0n) is 9.86. The Labute approximate surface area is 127 Å². The quantitative estimate of drug-likeness (QED) is 0.717. The SMILES string of the molecule is Cl.Clc1ccc2[nH]nc(Cc3ccccc3)c2c1Cl. The van der Waals surface area contributed by atoms with Crippen molar-refractivity contribution in [1.29, 1.82) is 0 Å². The van der Waals surface area contributed by atoms with Gasteiger partial charge < -0.3 is 0 Å². The van der Waals surface area contributed by atoms with Crippen LogP contribution in [0.3, 0.4) is 0 Å². The summed E-state index contributed by atoms with van der Waals surface area (Å²) in [6.45, 7) is 0. The van der Waals surface area contributed by atoms with Gasteiger partial charge in [0.1, 0.15) is 0 Å². The Hall–Kier alpha value is -1.22. The number of nitrogens with zero attached hydrogens (tertiary/aromatic N) is 1. The third kappa shape index (κ3) is 2.71. The van der Waals surface area contributed by atoms with Gasteiger partial charge in [-0.05, 0) is 17.7 Å². The summed E-state index contributed by atoms with van der Waals surface area (Å²) in [4.78, 5) is 0. The Bertz CT molecular complexity index is 692. The molecular weight excluding hydrogens is 303 g/mol. The van der Waals surface area contributed by atoms with Gasteiger partial charge in [-0.25, -0.2) is 0 Å². The first-order valence-electron chi connectivity index (χ1n) is 5.60. The van der Waals surface area contributed by atoms with E-state index >= 15 is 0 Å². The van der Waals surface area contributed by atoms with Crippen LogP contribution in [0.2, 0.25) is 10.0 Å². The summed E-state index contributed by atoms with van der Waals surface area (Å²) < 4.78 is 0. The second-order valence-corrected chi connectivity index (χ2v) is 4.90. The molecule has 0 atom stereocenters. The van der Waals surface area contributed by atoms with Gasteiger partial charge in [-0.1, -0.05) is 53.5 Å². The molecule has 98 valence electrons. The largest absolute Gasteiger partial charge is 0.277 e. The first-order chi connectivity index (χ1) is 8.75. The van der Waals surface area contributed by atoms with Crippen LogP contribution in [0.5, 0.6) is 0 Å². The summed E-state index contributed by atoms with van der Waals surface area (Å²) in [5.41, 5.74) is 3.03. The number of H-pyrrole nitrogens is 1. The molecule has 1 heterocycles. The van der Waals surface area contributed by atoms with Crippen LogP contribution in [0, 0.1) is 0 Å². The molecule has 1 aromatic heterocycles. The van der Waals surface area contributed by atoms with Crippen LogP contribution in [0.4, 0.5) is 0 Å². The normalized spacial score (nSPS) is 10.4. The van der Waals surface area contributed by atoms with Crippen LogP contribution in [0.15, 0.2) is 42.5 Å². The van der Waals surface area contributed by atoms with Crippen molar-refractivity contribution < 1.29 is 0 Å². The van der Waals surface area contributed by atoms with Gasteiger partial charge >= 0.3 is 0 Å². The van der Waals surface area contributed by atoms with E-state index in [0.717, 1.165) is 23.0 Å². The number of aromatic nitrogens is 2. The molecule has 0 unspecified atom stereocenters. The number of nitrogens with one attached hydrogen (secondary N) is 1. The summed E-state index contributed by atoms with van der Waals surface area (Å²) in [7, 11) is 0. The van der Waals surface area contributed by atoms with E-state index in [4.69, 9.17) is 23.2 Å². The van der Waals surface area contributed by atoms with Crippen molar-refractivity contribution in [2.24, 2.45) is 0 Å². The van der Waals surface area contributed by atoms with Crippen LogP contribution < -0.4 is 0 Å². The highest BCUT2D eigenvalue weighted by molar-refractivity contribution is 6.45. The first-order valence-corrected chi connectivity index (χ1v) is 6.36. The third-order valence-corrected chi connectivity index (χ3v) is 3.71. The molecule has 0 radical (unpaired) electrons. The van der Waals surface area contributed by atoms with Crippen molar-refractivity contribution in [3.8, 4) is 0 Å². The molecule has 0 saturated carbocycles. The Balaban J connectivity index is 0.00000133. The summed E-state index contributed by atoms with van der Waals surface area (Å²) in [5, 5.41) is 9.34. The predicted octanol–water partition coefficient (Wildman–Crippen LogP) is 4.88. The maximum Gasteiger partial charge on any atom is 0.0760 e. The van der Waals surface area contributed by atoms with E-state index in [9.17, 15) is 0 Å². The number of hydrogen-bond acceptors (Lipinski definition) is 1. The lowest BCUT2D eigenvalue weighted by Crippen LogP contribution is -1.89. The number of halogens is 3. The summed E-state index contributed by atoms with van der Waals surface area (Å²) in [6.07, 6.45) is 0.737. The van der Waals surface area contributed by atoms with Crippen molar-refractivity contribution >= 4 is 46.5 Å². The highest BCUT2D eigenvalue weighted by Gasteiger charge is 2.12. The van der Waals surface area contributed by atoms with Gasteiger partial charge in [-0.15, -0.1) is 12.4 Å². The molecule has 2 nitrogen and oxygen atoms in total. The summed E-state index contributed by atoms with van der Waals surface area (Å²) in [6, 6.07) is 13.8. The lowest BCUT2D eigenvalue weighted by molar-refractivity contribution is 1.01. The highest BCUT2D eigenvalue weighted by atomic mass is 35.5. The molecule has 0 bridgehead atoms. The molecule has 0 aliphatic heterocycles. The molecule has 0 spiro atoms. The molecule has 3 rings (SSSR count). The number of fused-ring (bicyclic) bond motifs is 1. The monoisotopic (exact) mass is 312 g/mol. The molecular formula is C14H11Cl3N2. The number of rotatable bonds is 2. The fraction of sp³-hybridized carbons (Fsp3) is 0.0714. The van der Waals surface area contributed by atoms with Crippen LogP contribution in [0.1, 0.15) is 11.3 Å². The standard InChI is InChI=1S/C14H10Cl2N2.ClH/c15-10-6-7-11-13(14(10)16)12(18-17-11)8-9-4-2-1-3-5-9;/h1-7H,8H2,(H,17,18);1H. The van der Waals surface area contributed by atoms with Crippen LogP contribution in [-0.2, 0) is 6.42 Å². The van der Waals surface area contributed by atoms with E-state index in [0.29, 0.717) is 10.0 Å². The number of benzene rings is 2. The van der Waals surface area contributed by atoms with Gasteiger partial charge in [0.2, 0.25) is 0 Å². The fourth-order valence-electron chi connectivity index (χ4n) is 2.03. The Morgan fingerprint density at radius 3 is 2.47 bits per heavy atom. The molecule has 19 heavy (non-hydrogen) atoms. The number of hydrogen-bond donors (Lipinski definition) is 1. The summed E-state index contributed by atoms with van der Waals surface area (Å²) >= 11 is 12.3. The minimum Gasteiger partial charge on any atom is -0.277 e. The van der Waals surface area contributed by atoms with E-state index in [1.165, 1.54) is 5.56 Å². The van der Waals surface area contributed by atoms with Crippen molar-refractivity contribution in [3.63, 3.8) is 0 Å². The van der Waals surface area contributed by atoms with E-state index in [-0.39, 0.29) is 12.4 Å². The fourth-order valence-corrected chi connectivity index (χ4v) is 2.46. The lowest BCUT2D eigenvalue weighted by Gasteiger charge is -2.01. The van der Waals surface area contributed by atoms with Crippen LogP contribution >= 0.6 is 35.6 Å². The van der Waals surface area contributed by atoms with Crippen molar-refractivity contribution in [2.45, 2.75) is 6.42 Å². The zero-order chi connectivity index (χ0) is 12.5. The maximum absolute atomic E-state index is 6.25. The van der Waals surface area contributed by atoms with E-state index in [2.05, 4.69) is 22.3 Å². The Morgan fingerprint density at radius 2 is 1.74 bits per heavy atom. The minimum atomic E-state index is 0. The van der Waals surface area contributed by atoms with Crippen LogP contribution in [0.25, 0.3) is 10.9 Å². The van der Waals surface area contributed by atoms with Gasteiger partial charge in [0.05, 0.1) is 21.3 Å². The Kier molecular flexibility index (Phi) is 4.35. The molecule has 1 N–H and O–H groups in total. The van der Waals surface area contributed by atoms with E-state index < -0.39 is 0 Å². The predicted molar refractivity (Wildman–Crippen MR) is 82.6 cm³/mol. The van der Waals surface area contributed by atoms with Crippen LogP contribution in [-0.4, -0.2) is 10.2 Å². The number of aromatic amines is 1. The average Bonchev–Trinajstić information content (AvgIpc) is 2.79. The highest BCUT2D eigenvalue weighted by Crippen LogP contribution is 2.32. The lowest BCUT2D eigenvalue weighted by atomic mass is 10.1.